The Morgan fingerprint density at radius 3 is 1.88 bits per heavy atom. The zero-order valence-corrected chi connectivity index (χ0v) is 13.8. The van der Waals surface area contributed by atoms with E-state index in [0.717, 1.165) is 22.4 Å². The predicted molar refractivity (Wildman–Crippen MR) is 100 cm³/mol. The molecule has 0 amide bonds. The van der Waals surface area contributed by atoms with E-state index < -0.39 is 5.97 Å². The number of anilines is 1. The first-order chi connectivity index (χ1) is 12.2. The highest BCUT2D eigenvalue weighted by molar-refractivity contribution is 5.71. The van der Waals surface area contributed by atoms with E-state index >= 15 is 0 Å². The van der Waals surface area contributed by atoms with Crippen LogP contribution in [0.5, 0.6) is 0 Å². The number of carboxylic acids is 1. The topological polar surface area (TPSA) is 61.4 Å². The molecule has 0 saturated heterocycles. The number of hydrazine groups is 1. The molecular formula is C21H20N2O2. The second kappa shape index (κ2) is 8.13. The molecule has 0 radical (unpaired) electrons. The predicted octanol–water partition coefficient (Wildman–Crippen LogP) is 4.10. The highest BCUT2D eigenvalue weighted by Gasteiger charge is 2.02. The maximum Gasteiger partial charge on any atom is 0.307 e. The van der Waals surface area contributed by atoms with Crippen molar-refractivity contribution >= 4 is 11.7 Å². The zero-order valence-electron chi connectivity index (χ0n) is 13.8. The van der Waals surface area contributed by atoms with Gasteiger partial charge in [0.2, 0.25) is 0 Å². The molecule has 3 aromatic carbocycles. The molecule has 0 unspecified atom stereocenters. The molecule has 3 N–H and O–H groups in total. The van der Waals surface area contributed by atoms with Crippen LogP contribution in [0, 0.1) is 0 Å². The largest absolute Gasteiger partial charge is 0.481 e. The summed E-state index contributed by atoms with van der Waals surface area (Å²) in [4.78, 5) is 10.7. The summed E-state index contributed by atoms with van der Waals surface area (Å²) in [5.74, 6) is -0.811. The molecule has 0 fully saturated rings. The minimum atomic E-state index is -0.811. The van der Waals surface area contributed by atoms with E-state index in [9.17, 15) is 4.79 Å². The van der Waals surface area contributed by atoms with Gasteiger partial charge in [0.15, 0.2) is 0 Å². The molecule has 0 aromatic heterocycles. The average molecular weight is 332 g/mol. The normalized spacial score (nSPS) is 10.4. The number of hydrogen-bond acceptors (Lipinski definition) is 3. The van der Waals surface area contributed by atoms with Crippen LogP contribution >= 0.6 is 0 Å². The van der Waals surface area contributed by atoms with Gasteiger partial charge in [-0.3, -0.25) is 4.79 Å². The standard InChI is InChI=1S/C21H20N2O2/c24-21(25)14-16-6-10-18(11-7-16)19-12-8-17(9-13-19)15-22-23-20-4-2-1-3-5-20/h1-13,22-23H,14-15H2,(H,24,25). The van der Waals surface area contributed by atoms with Crippen molar-refractivity contribution in [2.24, 2.45) is 0 Å². The van der Waals surface area contributed by atoms with Gasteiger partial charge in [-0.2, -0.15) is 0 Å². The van der Waals surface area contributed by atoms with Crippen LogP contribution in [0.4, 0.5) is 5.69 Å². The molecule has 3 rings (SSSR count). The highest BCUT2D eigenvalue weighted by atomic mass is 16.4. The molecule has 4 nitrogen and oxygen atoms in total. The molecule has 0 aliphatic rings. The number of carbonyl (C=O) groups is 1. The summed E-state index contributed by atoms with van der Waals surface area (Å²) in [6, 6.07) is 25.9. The summed E-state index contributed by atoms with van der Waals surface area (Å²) in [6.07, 6.45) is 0.0549. The van der Waals surface area contributed by atoms with Crippen molar-refractivity contribution in [3.05, 3.63) is 90.0 Å². The molecule has 0 heterocycles. The number of nitrogens with one attached hydrogen (secondary N) is 2. The molecule has 0 atom stereocenters. The number of benzene rings is 3. The number of aliphatic carboxylic acids is 1. The van der Waals surface area contributed by atoms with Gasteiger partial charge in [0.05, 0.1) is 6.42 Å². The van der Waals surface area contributed by atoms with Gasteiger partial charge in [0.1, 0.15) is 0 Å². The first-order valence-electron chi connectivity index (χ1n) is 8.15. The van der Waals surface area contributed by atoms with E-state index in [1.54, 1.807) is 0 Å². The Balaban J connectivity index is 1.57. The van der Waals surface area contributed by atoms with Gasteiger partial charge in [-0.15, -0.1) is 0 Å². The Labute approximate surface area is 147 Å². The molecule has 0 aliphatic heterocycles. The zero-order chi connectivity index (χ0) is 17.5. The van der Waals surface area contributed by atoms with E-state index in [-0.39, 0.29) is 6.42 Å². The Morgan fingerprint density at radius 1 is 0.760 bits per heavy atom. The lowest BCUT2D eigenvalue weighted by atomic mass is 10.0. The summed E-state index contributed by atoms with van der Waals surface area (Å²) in [5, 5.41) is 8.82. The Kier molecular flexibility index (Phi) is 5.44. The molecule has 126 valence electrons. The third-order valence-corrected chi connectivity index (χ3v) is 3.90. The SMILES string of the molecule is O=C(O)Cc1ccc(-c2ccc(CNNc3ccccc3)cc2)cc1. The Morgan fingerprint density at radius 2 is 1.32 bits per heavy atom. The number of hydrogen-bond donors (Lipinski definition) is 3. The van der Waals surface area contributed by atoms with Gasteiger partial charge in [-0.05, 0) is 34.4 Å². The van der Waals surface area contributed by atoms with Crippen LogP contribution in [0.25, 0.3) is 11.1 Å². The quantitative estimate of drug-likeness (QED) is 0.570. The van der Waals surface area contributed by atoms with E-state index in [2.05, 4.69) is 35.1 Å². The van der Waals surface area contributed by atoms with Crippen molar-refractivity contribution in [2.75, 3.05) is 5.43 Å². The van der Waals surface area contributed by atoms with E-state index in [1.165, 1.54) is 5.56 Å². The molecule has 4 heteroatoms. The third kappa shape index (κ3) is 4.93. The van der Waals surface area contributed by atoms with Crippen molar-refractivity contribution in [1.29, 1.82) is 0 Å². The van der Waals surface area contributed by atoms with Crippen molar-refractivity contribution in [1.82, 2.24) is 5.43 Å². The van der Waals surface area contributed by atoms with Crippen LogP contribution < -0.4 is 10.9 Å². The summed E-state index contributed by atoms with van der Waals surface area (Å²) >= 11 is 0. The molecule has 25 heavy (non-hydrogen) atoms. The van der Waals surface area contributed by atoms with E-state index in [1.807, 2.05) is 54.6 Å². The van der Waals surface area contributed by atoms with Crippen LogP contribution in [0.2, 0.25) is 0 Å². The van der Waals surface area contributed by atoms with Gasteiger partial charge in [-0.25, -0.2) is 5.43 Å². The fourth-order valence-electron chi connectivity index (χ4n) is 2.57. The summed E-state index contributed by atoms with van der Waals surface area (Å²) in [6.45, 7) is 0.715. The van der Waals surface area contributed by atoms with E-state index in [4.69, 9.17) is 5.11 Å². The van der Waals surface area contributed by atoms with Gasteiger partial charge >= 0.3 is 5.97 Å². The number of carboxylic acid groups (broad SMARTS) is 1. The van der Waals surface area contributed by atoms with Crippen LogP contribution in [0.3, 0.4) is 0 Å². The number of rotatable bonds is 7. The van der Waals surface area contributed by atoms with E-state index in [0.29, 0.717) is 6.54 Å². The number of para-hydroxylation sites is 1. The lowest BCUT2D eigenvalue weighted by Gasteiger charge is -2.09. The Bertz CT molecular complexity index is 813. The van der Waals surface area contributed by atoms with Crippen molar-refractivity contribution in [3.63, 3.8) is 0 Å². The van der Waals surface area contributed by atoms with Gasteiger partial charge in [-0.1, -0.05) is 66.7 Å². The lowest BCUT2D eigenvalue weighted by molar-refractivity contribution is -0.136. The second-order valence-corrected chi connectivity index (χ2v) is 5.81. The average Bonchev–Trinajstić information content (AvgIpc) is 2.63. The van der Waals surface area contributed by atoms with Crippen LogP contribution in [0.15, 0.2) is 78.9 Å². The summed E-state index contributed by atoms with van der Waals surface area (Å²) < 4.78 is 0. The minimum Gasteiger partial charge on any atom is -0.481 e. The smallest absolute Gasteiger partial charge is 0.307 e. The molecule has 0 saturated carbocycles. The molecule has 0 spiro atoms. The van der Waals surface area contributed by atoms with Gasteiger partial charge < -0.3 is 10.5 Å². The van der Waals surface area contributed by atoms with Crippen LogP contribution in [0.1, 0.15) is 11.1 Å². The first kappa shape index (κ1) is 16.7. The maximum absolute atomic E-state index is 10.7. The fourth-order valence-corrected chi connectivity index (χ4v) is 2.57. The summed E-state index contributed by atoms with van der Waals surface area (Å²) in [5.41, 5.74) is 11.6. The van der Waals surface area contributed by atoms with Gasteiger partial charge in [0, 0.05) is 12.2 Å². The minimum absolute atomic E-state index is 0.0549. The molecule has 0 bridgehead atoms. The third-order valence-electron chi connectivity index (χ3n) is 3.90. The summed E-state index contributed by atoms with van der Waals surface area (Å²) in [7, 11) is 0. The van der Waals surface area contributed by atoms with Crippen LogP contribution in [-0.2, 0) is 17.8 Å². The maximum atomic E-state index is 10.7. The second-order valence-electron chi connectivity index (χ2n) is 5.81. The lowest BCUT2D eigenvalue weighted by Crippen LogP contribution is -2.20. The van der Waals surface area contributed by atoms with Crippen molar-refractivity contribution in [2.45, 2.75) is 13.0 Å². The van der Waals surface area contributed by atoms with Gasteiger partial charge in [0.25, 0.3) is 0 Å². The fraction of sp³-hybridized carbons (Fsp3) is 0.0952. The monoisotopic (exact) mass is 332 g/mol. The Hall–Kier alpha value is -3.11. The van der Waals surface area contributed by atoms with Crippen molar-refractivity contribution in [3.8, 4) is 11.1 Å². The first-order valence-corrected chi connectivity index (χ1v) is 8.15. The van der Waals surface area contributed by atoms with Crippen LogP contribution in [-0.4, -0.2) is 11.1 Å². The molecular weight excluding hydrogens is 312 g/mol. The molecule has 0 aliphatic carbocycles. The molecule has 3 aromatic rings. The van der Waals surface area contributed by atoms with Crippen molar-refractivity contribution < 1.29 is 9.90 Å². The highest BCUT2D eigenvalue weighted by Crippen LogP contribution is 2.20.